The number of carbonyl (C=O) groups excluding carboxylic acids is 1. The zero-order valence-corrected chi connectivity index (χ0v) is 17.1. The summed E-state index contributed by atoms with van der Waals surface area (Å²) in [5.74, 6) is -0.726. The molecule has 142 valence electrons. The summed E-state index contributed by atoms with van der Waals surface area (Å²) in [7, 11) is -3.37. The van der Waals surface area contributed by atoms with E-state index < -0.39 is 15.7 Å². The largest absolute Gasteiger partial charge is 0.317 e. The molecule has 5 nitrogen and oxygen atoms in total. The molecule has 0 aliphatic rings. The van der Waals surface area contributed by atoms with Gasteiger partial charge in [0.2, 0.25) is 5.91 Å². The van der Waals surface area contributed by atoms with Gasteiger partial charge in [-0.2, -0.15) is 4.99 Å². The number of rotatable bonds is 6. The van der Waals surface area contributed by atoms with Gasteiger partial charge >= 0.3 is 0 Å². The molecular weight excluding hydrogens is 404 g/mol. The van der Waals surface area contributed by atoms with Gasteiger partial charge in [-0.15, -0.1) is 0 Å². The van der Waals surface area contributed by atoms with Crippen molar-refractivity contribution in [3.63, 3.8) is 0 Å². The third-order valence-corrected chi connectivity index (χ3v) is 6.91. The van der Waals surface area contributed by atoms with Crippen molar-refractivity contribution >= 4 is 48.9 Å². The van der Waals surface area contributed by atoms with Crippen molar-refractivity contribution in [1.29, 1.82) is 0 Å². The molecule has 0 saturated heterocycles. The molecule has 0 bridgehead atoms. The summed E-state index contributed by atoms with van der Waals surface area (Å²) >= 11 is 7.40. The number of thiazole rings is 1. The van der Waals surface area contributed by atoms with Crippen LogP contribution in [0.4, 0.5) is 0 Å². The Morgan fingerprint density at radius 1 is 1.19 bits per heavy atom. The maximum absolute atomic E-state index is 12.3. The van der Waals surface area contributed by atoms with Crippen molar-refractivity contribution in [2.24, 2.45) is 4.99 Å². The molecule has 3 aromatic rings. The van der Waals surface area contributed by atoms with E-state index in [2.05, 4.69) is 4.99 Å². The summed E-state index contributed by atoms with van der Waals surface area (Å²) in [5, 5.41) is 0.622. The number of carbonyl (C=O) groups is 1. The first-order valence-electron chi connectivity index (χ1n) is 8.49. The Hall–Kier alpha value is -1.96. The van der Waals surface area contributed by atoms with E-state index >= 15 is 0 Å². The standard InChI is InChI=1S/C19H19ClN2O3S2/c1-2-22-16-9-8-15(20)12-17(16)26-19(22)21-18(23)10-11-27(24,25)13-14-6-4-3-5-7-14/h3-9,12H,2,10-11,13H2,1H3. The summed E-state index contributed by atoms with van der Waals surface area (Å²) in [6.07, 6.45) is -0.131. The monoisotopic (exact) mass is 422 g/mol. The molecule has 27 heavy (non-hydrogen) atoms. The molecule has 0 fully saturated rings. The molecule has 0 aliphatic carbocycles. The molecule has 2 aromatic carbocycles. The van der Waals surface area contributed by atoms with Gasteiger partial charge in [0.15, 0.2) is 14.6 Å². The molecule has 0 aliphatic heterocycles. The van der Waals surface area contributed by atoms with Gasteiger partial charge in [-0.3, -0.25) is 4.79 Å². The maximum atomic E-state index is 12.3. The van der Waals surface area contributed by atoms with E-state index in [1.165, 1.54) is 11.3 Å². The number of aromatic nitrogens is 1. The van der Waals surface area contributed by atoms with Crippen LogP contribution in [0.5, 0.6) is 0 Å². The zero-order chi connectivity index (χ0) is 19.4. The normalized spacial score (nSPS) is 12.6. The van der Waals surface area contributed by atoms with Crippen molar-refractivity contribution in [2.45, 2.75) is 25.6 Å². The van der Waals surface area contributed by atoms with Gasteiger partial charge in [0, 0.05) is 18.0 Å². The molecule has 3 rings (SSSR count). The van der Waals surface area contributed by atoms with E-state index in [1.807, 2.05) is 29.7 Å². The minimum Gasteiger partial charge on any atom is -0.317 e. The lowest BCUT2D eigenvalue weighted by Gasteiger charge is -2.03. The second-order valence-electron chi connectivity index (χ2n) is 6.07. The van der Waals surface area contributed by atoms with E-state index in [1.54, 1.807) is 30.3 Å². The van der Waals surface area contributed by atoms with Crippen LogP contribution in [-0.4, -0.2) is 24.6 Å². The van der Waals surface area contributed by atoms with E-state index in [-0.39, 0.29) is 17.9 Å². The average Bonchev–Trinajstić information content (AvgIpc) is 2.96. The molecule has 0 radical (unpaired) electrons. The first-order chi connectivity index (χ1) is 12.9. The van der Waals surface area contributed by atoms with Crippen LogP contribution in [0.2, 0.25) is 5.02 Å². The number of fused-ring (bicyclic) bond motifs is 1. The second-order valence-corrected chi connectivity index (χ2v) is 9.70. The molecule has 1 heterocycles. The summed E-state index contributed by atoms with van der Waals surface area (Å²) in [6.45, 7) is 2.62. The minimum absolute atomic E-state index is 0.0720. The third kappa shape index (κ3) is 5.06. The molecule has 0 unspecified atom stereocenters. The predicted molar refractivity (Wildman–Crippen MR) is 110 cm³/mol. The summed E-state index contributed by atoms with van der Waals surface area (Å²) in [4.78, 5) is 17.0. The third-order valence-electron chi connectivity index (χ3n) is 4.04. The number of halogens is 1. The predicted octanol–water partition coefficient (Wildman–Crippen LogP) is 3.81. The topological polar surface area (TPSA) is 68.5 Å². The highest BCUT2D eigenvalue weighted by Gasteiger charge is 2.15. The Morgan fingerprint density at radius 2 is 1.93 bits per heavy atom. The smallest absolute Gasteiger partial charge is 0.249 e. The summed E-state index contributed by atoms with van der Waals surface area (Å²) in [5.41, 5.74) is 1.67. The second kappa shape index (κ2) is 8.37. The van der Waals surface area contributed by atoms with Crippen LogP contribution in [0, 0.1) is 0 Å². The van der Waals surface area contributed by atoms with Gasteiger partial charge in [-0.1, -0.05) is 53.3 Å². The van der Waals surface area contributed by atoms with Gasteiger partial charge in [-0.05, 0) is 30.7 Å². The first kappa shape index (κ1) is 19.8. The molecule has 1 amide bonds. The highest BCUT2D eigenvalue weighted by molar-refractivity contribution is 7.90. The van der Waals surface area contributed by atoms with Crippen LogP contribution in [0.1, 0.15) is 18.9 Å². The summed E-state index contributed by atoms with van der Waals surface area (Å²) in [6, 6.07) is 14.5. The molecule has 0 spiro atoms. The van der Waals surface area contributed by atoms with Crippen LogP contribution in [0.15, 0.2) is 53.5 Å². The van der Waals surface area contributed by atoms with Crippen LogP contribution in [-0.2, 0) is 26.9 Å². The van der Waals surface area contributed by atoms with Crippen molar-refractivity contribution < 1.29 is 13.2 Å². The fourth-order valence-electron chi connectivity index (χ4n) is 2.74. The molecule has 0 N–H and O–H groups in total. The van der Waals surface area contributed by atoms with Crippen LogP contribution >= 0.6 is 22.9 Å². The number of hydrogen-bond acceptors (Lipinski definition) is 4. The van der Waals surface area contributed by atoms with Gasteiger partial charge in [0.25, 0.3) is 0 Å². The number of nitrogens with zero attached hydrogens (tertiary/aromatic N) is 2. The molecule has 0 atom stereocenters. The number of aryl methyl sites for hydroxylation is 1. The molecule has 1 aromatic heterocycles. The Labute approximate surface area is 166 Å². The Balaban J connectivity index is 1.76. The highest BCUT2D eigenvalue weighted by atomic mass is 35.5. The van der Waals surface area contributed by atoms with E-state index in [0.717, 1.165) is 10.2 Å². The molecule has 8 heteroatoms. The molecular formula is C19H19ClN2O3S2. The van der Waals surface area contributed by atoms with Crippen LogP contribution < -0.4 is 4.80 Å². The Bertz CT molecular complexity index is 1130. The fraction of sp³-hybridized carbons (Fsp3) is 0.263. The van der Waals surface area contributed by atoms with E-state index in [0.29, 0.717) is 21.9 Å². The zero-order valence-electron chi connectivity index (χ0n) is 14.8. The maximum Gasteiger partial charge on any atom is 0.249 e. The van der Waals surface area contributed by atoms with Gasteiger partial charge in [0.1, 0.15) is 0 Å². The first-order valence-corrected chi connectivity index (χ1v) is 11.5. The number of sulfone groups is 1. The highest BCUT2D eigenvalue weighted by Crippen LogP contribution is 2.21. The SMILES string of the molecule is CCn1c(=NC(=O)CCS(=O)(=O)Cc2ccccc2)sc2cc(Cl)ccc21. The van der Waals surface area contributed by atoms with Crippen molar-refractivity contribution in [1.82, 2.24) is 4.57 Å². The lowest BCUT2D eigenvalue weighted by atomic mass is 10.2. The van der Waals surface area contributed by atoms with Gasteiger partial charge < -0.3 is 4.57 Å². The molecule has 0 saturated carbocycles. The number of hydrogen-bond donors (Lipinski definition) is 0. The van der Waals surface area contributed by atoms with Crippen LogP contribution in [0.3, 0.4) is 0 Å². The lowest BCUT2D eigenvalue weighted by molar-refractivity contribution is -0.117. The Kier molecular flexibility index (Phi) is 6.14. The lowest BCUT2D eigenvalue weighted by Crippen LogP contribution is -2.18. The van der Waals surface area contributed by atoms with Gasteiger partial charge in [-0.25, -0.2) is 8.42 Å². The minimum atomic E-state index is -3.37. The van der Waals surface area contributed by atoms with Crippen molar-refractivity contribution in [3.05, 3.63) is 63.9 Å². The summed E-state index contributed by atoms with van der Waals surface area (Å²) < 4.78 is 27.4. The fourth-order valence-corrected chi connectivity index (χ4v) is 5.46. The van der Waals surface area contributed by atoms with E-state index in [9.17, 15) is 13.2 Å². The van der Waals surface area contributed by atoms with Crippen LogP contribution in [0.25, 0.3) is 10.2 Å². The number of benzene rings is 2. The Morgan fingerprint density at radius 3 is 2.63 bits per heavy atom. The van der Waals surface area contributed by atoms with E-state index in [4.69, 9.17) is 11.6 Å². The van der Waals surface area contributed by atoms with Gasteiger partial charge in [0.05, 0.1) is 21.7 Å². The average molecular weight is 423 g/mol. The quantitative estimate of drug-likeness (QED) is 0.606. The number of amides is 1. The van der Waals surface area contributed by atoms with Crippen molar-refractivity contribution in [2.75, 3.05) is 5.75 Å². The van der Waals surface area contributed by atoms with Crippen molar-refractivity contribution in [3.8, 4) is 0 Å².